The van der Waals surface area contributed by atoms with Crippen molar-refractivity contribution in [1.29, 1.82) is 0 Å². The second-order valence-electron chi connectivity index (χ2n) is 4.70. The molecule has 1 rings (SSSR count). The molecule has 1 aromatic rings. The highest BCUT2D eigenvalue weighted by molar-refractivity contribution is 5.54. The molecule has 0 bridgehead atoms. The molecular formula is C13H21NO2. The zero-order valence-corrected chi connectivity index (χ0v) is 10.7. The van der Waals surface area contributed by atoms with Gasteiger partial charge in [0.2, 0.25) is 0 Å². The van der Waals surface area contributed by atoms with Crippen LogP contribution in [0.25, 0.3) is 0 Å². The molecule has 0 spiro atoms. The minimum Gasteiger partial charge on any atom is -0.497 e. The highest BCUT2D eigenvalue weighted by atomic mass is 16.5. The van der Waals surface area contributed by atoms with Gasteiger partial charge in [-0.25, -0.2) is 0 Å². The first-order valence-corrected chi connectivity index (χ1v) is 5.48. The van der Waals surface area contributed by atoms with E-state index < -0.39 is 5.60 Å². The summed E-state index contributed by atoms with van der Waals surface area (Å²) in [5.41, 5.74) is 1.39. The normalized spacial score (nSPS) is 13.4. The van der Waals surface area contributed by atoms with Gasteiger partial charge in [-0.2, -0.15) is 0 Å². The van der Waals surface area contributed by atoms with E-state index in [4.69, 9.17) is 4.74 Å². The molecule has 0 fully saturated rings. The van der Waals surface area contributed by atoms with Crippen molar-refractivity contribution in [3.8, 4) is 5.75 Å². The minimum atomic E-state index is -0.744. The topological polar surface area (TPSA) is 41.5 Å². The smallest absolute Gasteiger partial charge is 0.119 e. The van der Waals surface area contributed by atoms with Crippen LogP contribution < -0.4 is 10.1 Å². The summed E-state index contributed by atoms with van der Waals surface area (Å²) in [4.78, 5) is 0. The van der Waals surface area contributed by atoms with Gasteiger partial charge in [0.25, 0.3) is 0 Å². The lowest BCUT2D eigenvalue weighted by atomic mass is 10.00. The molecule has 0 saturated heterocycles. The van der Waals surface area contributed by atoms with Crippen molar-refractivity contribution >= 4 is 5.69 Å². The van der Waals surface area contributed by atoms with Crippen molar-refractivity contribution in [2.24, 2.45) is 0 Å². The molecule has 0 saturated carbocycles. The largest absolute Gasteiger partial charge is 0.497 e. The van der Waals surface area contributed by atoms with E-state index in [1.165, 1.54) is 0 Å². The zero-order valence-electron chi connectivity index (χ0n) is 10.7. The Hall–Kier alpha value is -1.22. The first-order valence-electron chi connectivity index (χ1n) is 5.48. The van der Waals surface area contributed by atoms with Crippen LogP contribution in [0, 0.1) is 6.92 Å². The van der Waals surface area contributed by atoms with E-state index >= 15 is 0 Å². The third-order valence-electron chi connectivity index (χ3n) is 2.87. The SMILES string of the molecule is COc1ccc(NC(C)C(C)(C)O)c(C)c1. The van der Waals surface area contributed by atoms with Crippen molar-refractivity contribution in [1.82, 2.24) is 0 Å². The molecule has 0 heterocycles. The molecule has 0 radical (unpaired) electrons. The van der Waals surface area contributed by atoms with Crippen LogP contribution in [-0.4, -0.2) is 23.9 Å². The number of methoxy groups -OCH3 is 1. The van der Waals surface area contributed by atoms with Crippen LogP contribution in [0.1, 0.15) is 26.3 Å². The Morgan fingerprint density at radius 2 is 2.00 bits per heavy atom. The van der Waals surface area contributed by atoms with E-state index in [0.29, 0.717) is 0 Å². The van der Waals surface area contributed by atoms with Gasteiger partial charge in [-0.05, 0) is 51.5 Å². The average Bonchev–Trinajstić information content (AvgIpc) is 2.19. The molecule has 1 atom stereocenters. The maximum Gasteiger partial charge on any atom is 0.119 e. The standard InChI is InChI=1S/C13H21NO2/c1-9-8-11(16-5)6-7-12(9)14-10(2)13(3,4)15/h6-8,10,14-15H,1-5H3. The molecule has 0 aliphatic carbocycles. The molecule has 0 aliphatic heterocycles. The number of ether oxygens (including phenoxy) is 1. The molecule has 16 heavy (non-hydrogen) atoms. The van der Waals surface area contributed by atoms with Crippen molar-refractivity contribution in [2.45, 2.75) is 39.3 Å². The fourth-order valence-corrected chi connectivity index (χ4v) is 1.33. The molecule has 90 valence electrons. The average molecular weight is 223 g/mol. The van der Waals surface area contributed by atoms with E-state index in [0.717, 1.165) is 17.0 Å². The van der Waals surface area contributed by atoms with Crippen LogP contribution >= 0.6 is 0 Å². The molecule has 0 aliphatic rings. The molecule has 3 heteroatoms. The third kappa shape index (κ3) is 3.14. The third-order valence-corrected chi connectivity index (χ3v) is 2.87. The monoisotopic (exact) mass is 223 g/mol. The summed E-state index contributed by atoms with van der Waals surface area (Å²) in [7, 11) is 1.65. The molecule has 3 nitrogen and oxygen atoms in total. The molecular weight excluding hydrogens is 202 g/mol. The summed E-state index contributed by atoms with van der Waals surface area (Å²) in [5, 5.41) is 13.1. The van der Waals surface area contributed by atoms with Crippen molar-refractivity contribution in [3.05, 3.63) is 23.8 Å². The second-order valence-corrected chi connectivity index (χ2v) is 4.70. The van der Waals surface area contributed by atoms with Crippen LogP contribution in [0.15, 0.2) is 18.2 Å². The maximum absolute atomic E-state index is 9.85. The second kappa shape index (κ2) is 4.74. The van der Waals surface area contributed by atoms with Gasteiger partial charge in [0.05, 0.1) is 18.8 Å². The van der Waals surface area contributed by atoms with Crippen molar-refractivity contribution in [3.63, 3.8) is 0 Å². The maximum atomic E-state index is 9.85. The van der Waals surface area contributed by atoms with Gasteiger partial charge in [0, 0.05) is 5.69 Å². The van der Waals surface area contributed by atoms with Crippen LogP contribution in [0.2, 0.25) is 0 Å². The van der Waals surface area contributed by atoms with Gasteiger partial charge >= 0.3 is 0 Å². The Morgan fingerprint density at radius 1 is 1.38 bits per heavy atom. The number of rotatable bonds is 4. The number of aryl methyl sites for hydroxylation is 1. The molecule has 1 unspecified atom stereocenters. The van der Waals surface area contributed by atoms with Gasteiger partial charge in [-0.3, -0.25) is 0 Å². The van der Waals surface area contributed by atoms with E-state index in [-0.39, 0.29) is 6.04 Å². The van der Waals surface area contributed by atoms with Crippen molar-refractivity contribution in [2.75, 3.05) is 12.4 Å². The lowest BCUT2D eigenvalue weighted by molar-refractivity contribution is 0.0649. The molecule has 1 aromatic carbocycles. The van der Waals surface area contributed by atoms with Crippen LogP contribution in [-0.2, 0) is 0 Å². The highest BCUT2D eigenvalue weighted by Crippen LogP contribution is 2.23. The first kappa shape index (κ1) is 12.8. The van der Waals surface area contributed by atoms with Gasteiger partial charge in [0.15, 0.2) is 0 Å². The van der Waals surface area contributed by atoms with Crippen LogP contribution in [0.4, 0.5) is 5.69 Å². The molecule has 0 aromatic heterocycles. The quantitative estimate of drug-likeness (QED) is 0.824. The minimum absolute atomic E-state index is 0.0143. The Balaban J connectivity index is 2.82. The number of nitrogens with one attached hydrogen (secondary N) is 1. The summed E-state index contributed by atoms with van der Waals surface area (Å²) in [6, 6.07) is 5.84. The van der Waals surface area contributed by atoms with E-state index in [9.17, 15) is 5.11 Å². The molecule has 2 N–H and O–H groups in total. The number of aliphatic hydroxyl groups is 1. The van der Waals surface area contributed by atoms with Gasteiger partial charge in [0.1, 0.15) is 5.75 Å². The fourth-order valence-electron chi connectivity index (χ4n) is 1.33. The fraction of sp³-hybridized carbons (Fsp3) is 0.538. The summed E-state index contributed by atoms with van der Waals surface area (Å²) in [5.74, 6) is 0.846. The molecule has 0 amide bonds. The van der Waals surface area contributed by atoms with E-state index in [1.54, 1.807) is 21.0 Å². The van der Waals surface area contributed by atoms with Gasteiger partial charge in [-0.15, -0.1) is 0 Å². The van der Waals surface area contributed by atoms with E-state index in [2.05, 4.69) is 5.32 Å². The Morgan fingerprint density at radius 3 is 2.44 bits per heavy atom. The Kier molecular flexibility index (Phi) is 3.81. The van der Waals surface area contributed by atoms with E-state index in [1.807, 2.05) is 32.0 Å². The van der Waals surface area contributed by atoms with Crippen molar-refractivity contribution < 1.29 is 9.84 Å². The lowest BCUT2D eigenvalue weighted by Crippen LogP contribution is -2.39. The number of anilines is 1. The lowest BCUT2D eigenvalue weighted by Gasteiger charge is -2.28. The first-order chi connectivity index (χ1) is 7.34. The number of hydrogen-bond acceptors (Lipinski definition) is 3. The summed E-state index contributed by atoms with van der Waals surface area (Å²) < 4.78 is 5.15. The summed E-state index contributed by atoms with van der Waals surface area (Å²) >= 11 is 0. The summed E-state index contributed by atoms with van der Waals surface area (Å²) in [6.07, 6.45) is 0. The summed E-state index contributed by atoms with van der Waals surface area (Å²) in [6.45, 7) is 7.57. The number of benzene rings is 1. The zero-order chi connectivity index (χ0) is 12.3. The van der Waals surface area contributed by atoms with Gasteiger partial charge < -0.3 is 15.2 Å². The predicted molar refractivity (Wildman–Crippen MR) is 67.1 cm³/mol. The van der Waals surface area contributed by atoms with Crippen LogP contribution in [0.5, 0.6) is 5.75 Å². The number of hydrogen-bond donors (Lipinski definition) is 2. The Labute approximate surface area is 97.4 Å². The predicted octanol–water partition coefficient (Wildman–Crippen LogP) is 2.57. The van der Waals surface area contributed by atoms with Crippen LogP contribution in [0.3, 0.4) is 0 Å². The highest BCUT2D eigenvalue weighted by Gasteiger charge is 2.22. The van der Waals surface area contributed by atoms with Gasteiger partial charge in [-0.1, -0.05) is 0 Å². The Bertz CT molecular complexity index is 355.